The zero-order valence-corrected chi connectivity index (χ0v) is 9.74. The topological polar surface area (TPSA) is 74.3 Å². The highest BCUT2D eigenvalue weighted by Crippen LogP contribution is 2.09. The minimum atomic E-state index is -0.165. The average Bonchev–Trinajstić information content (AvgIpc) is 2.26. The Balaban J connectivity index is 3.45. The molecule has 0 atom stereocenters. The van der Waals surface area contributed by atoms with Crippen LogP contribution in [0.4, 0.5) is 0 Å². The molecule has 5 nitrogen and oxygen atoms in total. The highest BCUT2D eigenvalue weighted by Gasteiger charge is 2.15. The van der Waals surface area contributed by atoms with Crippen LogP contribution in [0, 0.1) is 6.92 Å². The van der Waals surface area contributed by atoms with Gasteiger partial charge in [-0.05, 0) is 6.92 Å². The fraction of sp³-hybridized carbons (Fsp3) is 0.455. The lowest BCUT2D eigenvalue weighted by Gasteiger charge is -2.14. The maximum absolute atomic E-state index is 11.7. The van der Waals surface area contributed by atoms with Gasteiger partial charge in [-0.3, -0.25) is 14.4 Å². The summed E-state index contributed by atoms with van der Waals surface area (Å²) in [6.45, 7) is 3.52. The minimum Gasteiger partial charge on any atom is -0.343 e. The van der Waals surface area contributed by atoms with Gasteiger partial charge in [0.1, 0.15) is 6.61 Å². The van der Waals surface area contributed by atoms with Gasteiger partial charge in [0.25, 0.3) is 0 Å². The lowest BCUT2D eigenvalue weighted by Crippen LogP contribution is -2.23. The Kier molecular flexibility index (Phi) is 3.98. The number of ketones is 1. The van der Waals surface area contributed by atoms with Gasteiger partial charge in [-0.2, -0.15) is 0 Å². The van der Waals surface area contributed by atoms with Crippen molar-refractivity contribution in [1.82, 2.24) is 4.57 Å². The second-order valence-corrected chi connectivity index (χ2v) is 3.62. The van der Waals surface area contributed by atoms with Crippen LogP contribution in [0.25, 0.3) is 0 Å². The first kappa shape index (κ1) is 12.6. The Morgan fingerprint density at radius 3 is 2.69 bits per heavy atom. The van der Waals surface area contributed by atoms with E-state index in [1.165, 1.54) is 6.07 Å². The molecule has 2 N–H and O–H groups in total. The number of hydrogen-bond donors (Lipinski definition) is 1. The SMILES string of the molecule is CCC(=O)c1c(C)c(=O)cc(CON)n1C. The molecule has 1 rings (SSSR count). The average molecular weight is 224 g/mol. The van der Waals surface area contributed by atoms with E-state index in [2.05, 4.69) is 4.84 Å². The van der Waals surface area contributed by atoms with Crippen molar-refractivity contribution in [3.63, 3.8) is 0 Å². The molecule has 0 unspecified atom stereocenters. The predicted molar refractivity (Wildman–Crippen MR) is 60.0 cm³/mol. The molecule has 0 saturated heterocycles. The molecule has 0 aromatic carbocycles. The molecular weight excluding hydrogens is 208 g/mol. The van der Waals surface area contributed by atoms with Gasteiger partial charge >= 0.3 is 0 Å². The summed E-state index contributed by atoms with van der Waals surface area (Å²) in [4.78, 5) is 27.9. The van der Waals surface area contributed by atoms with E-state index in [4.69, 9.17) is 5.90 Å². The molecule has 88 valence electrons. The van der Waals surface area contributed by atoms with Crippen molar-refractivity contribution >= 4 is 5.78 Å². The van der Waals surface area contributed by atoms with Crippen LogP contribution in [-0.4, -0.2) is 10.4 Å². The number of nitrogens with zero attached hydrogens (tertiary/aromatic N) is 1. The first-order chi connectivity index (χ1) is 7.52. The molecule has 1 aromatic heterocycles. The van der Waals surface area contributed by atoms with Gasteiger partial charge in [0.05, 0.1) is 5.69 Å². The van der Waals surface area contributed by atoms with Gasteiger partial charge < -0.3 is 4.57 Å². The molecule has 0 saturated carbocycles. The summed E-state index contributed by atoms with van der Waals surface area (Å²) < 4.78 is 1.66. The summed E-state index contributed by atoms with van der Waals surface area (Å²) in [7, 11) is 1.73. The van der Waals surface area contributed by atoms with Gasteiger partial charge in [0, 0.05) is 30.8 Å². The fourth-order valence-electron chi connectivity index (χ4n) is 1.66. The molecule has 1 heterocycles. The summed E-state index contributed by atoms with van der Waals surface area (Å²) in [6.07, 6.45) is 0.362. The standard InChI is InChI=1S/C11H16N2O3/c1-4-9(14)11-7(2)10(15)5-8(6-16-12)13(11)3/h5H,4,6,12H2,1-3H3. The van der Waals surface area contributed by atoms with Gasteiger partial charge in [0.2, 0.25) is 0 Å². The van der Waals surface area contributed by atoms with Crippen LogP contribution in [0.5, 0.6) is 0 Å². The van der Waals surface area contributed by atoms with E-state index in [1.807, 2.05) is 0 Å². The third-order valence-electron chi connectivity index (χ3n) is 2.61. The number of carbonyl (C=O) groups excluding carboxylic acids is 1. The number of rotatable bonds is 4. The molecule has 1 aromatic rings. The van der Waals surface area contributed by atoms with Crippen molar-refractivity contribution in [1.29, 1.82) is 0 Å². The van der Waals surface area contributed by atoms with Crippen molar-refractivity contribution in [2.24, 2.45) is 12.9 Å². The van der Waals surface area contributed by atoms with E-state index in [1.54, 1.807) is 25.5 Å². The zero-order chi connectivity index (χ0) is 12.3. The summed E-state index contributed by atoms with van der Waals surface area (Å²) in [5, 5.41) is 0. The number of carbonyl (C=O) groups is 1. The smallest absolute Gasteiger partial charge is 0.185 e. The molecule has 0 radical (unpaired) electrons. The van der Waals surface area contributed by atoms with Gasteiger partial charge in [-0.15, -0.1) is 0 Å². The Bertz CT molecular complexity index is 463. The highest BCUT2D eigenvalue weighted by molar-refractivity contribution is 5.95. The quantitative estimate of drug-likeness (QED) is 0.602. The molecule has 0 aliphatic heterocycles. The monoisotopic (exact) mass is 224 g/mol. The van der Waals surface area contributed by atoms with Crippen LogP contribution in [0.2, 0.25) is 0 Å². The second-order valence-electron chi connectivity index (χ2n) is 3.62. The molecular formula is C11H16N2O3. The van der Waals surface area contributed by atoms with Crippen molar-refractivity contribution in [2.45, 2.75) is 26.9 Å². The van der Waals surface area contributed by atoms with Crippen LogP contribution in [0.3, 0.4) is 0 Å². The van der Waals surface area contributed by atoms with Gasteiger partial charge in [-0.25, -0.2) is 5.90 Å². The first-order valence-electron chi connectivity index (χ1n) is 5.07. The number of pyridine rings is 1. The van der Waals surface area contributed by atoms with Crippen molar-refractivity contribution in [3.05, 3.63) is 33.2 Å². The zero-order valence-electron chi connectivity index (χ0n) is 9.74. The van der Waals surface area contributed by atoms with Crippen LogP contribution in [0.15, 0.2) is 10.9 Å². The number of aromatic nitrogens is 1. The summed E-state index contributed by atoms with van der Waals surface area (Å²) >= 11 is 0. The fourth-order valence-corrected chi connectivity index (χ4v) is 1.66. The van der Waals surface area contributed by atoms with E-state index in [9.17, 15) is 9.59 Å². The van der Waals surface area contributed by atoms with E-state index in [0.29, 0.717) is 23.4 Å². The maximum Gasteiger partial charge on any atom is 0.185 e. The van der Waals surface area contributed by atoms with Crippen LogP contribution >= 0.6 is 0 Å². The van der Waals surface area contributed by atoms with E-state index < -0.39 is 0 Å². The van der Waals surface area contributed by atoms with Crippen LogP contribution in [-0.2, 0) is 18.5 Å². The Morgan fingerprint density at radius 1 is 1.56 bits per heavy atom. The van der Waals surface area contributed by atoms with Crippen molar-refractivity contribution in [2.75, 3.05) is 0 Å². The van der Waals surface area contributed by atoms with Gasteiger partial charge in [0.15, 0.2) is 11.2 Å². The molecule has 0 spiro atoms. The first-order valence-corrected chi connectivity index (χ1v) is 5.07. The molecule has 0 bridgehead atoms. The maximum atomic E-state index is 11.7. The third kappa shape index (κ3) is 2.20. The molecule has 0 aliphatic rings. The summed E-state index contributed by atoms with van der Waals surface area (Å²) in [6, 6.07) is 1.44. The molecule has 0 amide bonds. The normalized spacial score (nSPS) is 10.5. The van der Waals surface area contributed by atoms with Crippen LogP contribution < -0.4 is 11.3 Å². The van der Waals surface area contributed by atoms with E-state index in [0.717, 1.165) is 0 Å². The Morgan fingerprint density at radius 2 is 2.19 bits per heavy atom. The van der Waals surface area contributed by atoms with Crippen molar-refractivity contribution in [3.8, 4) is 0 Å². The highest BCUT2D eigenvalue weighted by atomic mass is 16.6. The third-order valence-corrected chi connectivity index (χ3v) is 2.61. The molecule has 5 heteroatoms. The van der Waals surface area contributed by atoms with Gasteiger partial charge in [-0.1, -0.05) is 6.92 Å². The second kappa shape index (κ2) is 5.05. The summed E-state index contributed by atoms with van der Waals surface area (Å²) in [5.74, 6) is 4.92. The Labute approximate surface area is 93.8 Å². The molecule has 0 aliphatic carbocycles. The van der Waals surface area contributed by atoms with E-state index >= 15 is 0 Å². The van der Waals surface area contributed by atoms with E-state index in [-0.39, 0.29) is 17.8 Å². The predicted octanol–water partition coefficient (Wildman–Crippen LogP) is 0.677. The largest absolute Gasteiger partial charge is 0.343 e. The Hall–Kier alpha value is -1.46. The number of hydrogen-bond acceptors (Lipinski definition) is 4. The lowest BCUT2D eigenvalue weighted by molar-refractivity contribution is 0.0972. The number of nitrogens with two attached hydrogens (primary N) is 1. The van der Waals surface area contributed by atoms with Crippen LogP contribution in [0.1, 0.15) is 35.1 Å². The number of Topliss-reactive ketones (excluding diaryl/α,β-unsaturated/α-hetero) is 1. The molecule has 16 heavy (non-hydrogen) atoms. The summed E-state index contributed by atoms with van der Waals surface area (Å²) in [5.41, 5.74) is 1.33. The molecule has 0 fully saturated rings. The minimum absolute atomic E-state index is 0.0593. The lowest BCUT2D eigenvalue weighted by atomic mass is 10.1. The van der Waals surface area contributed by atoms with Crippen molar-refractivity contribution < 1.29 is 9.63 Å².